The average molecular weight is 541 g/mol. The smallest absolute Gasteiger partial charge is 0.338 e. The van der Waals surface area contributed by atoms with Crippen LogP contribution < -0.4 is 9.64 Å². The number of rotatable bonds is 7. The Labute approximate surface area is 223 Å². The van der Waals surface area contributed by atoms with Gasteiger partial charge in [-0.25, -0.2) is 4.79 Å². The van der Waals surface area contributed by atoms with Crippen molar-refractivity contribution in [2.45, 2.75) is 19.4 Å². The number of nitrogens with zero attached hydrogens (tertiary/aromatic N) is 2. The molecule has 4 rings (SSSR count). The second-order valence-electron chi connectivity index (χ2n) is 8.11. The van der Waals surface area contributed by atoms with E-state index in [-0.39, 0.29) is 44.8 Å². The number of carbonyl (C=O) groups excluding carboxylic acids is 3. The van der Waals surface area contributed by atoms with Crippen LogP contribution in [-0.4, -0.2) is 41.5 Å². The molecule has 1 aliphatic rings. The highest BCUT2D eigenvalue weighted by Gasteiger charge is 2.47. The molecule has 0 bridgehead atoms. The SMILES string of the molecule is CCCOC(=O)c1cccc(N2C(=O)C(=O)/C(=C(/O)c3cc(Cl)c(OC)c(Cl)c3)C2c2cccnc2)c1. The highest BCUT2D eigenvalue weighted by molar-refractivity contribution is 6.51. The zero-order chi connectivity index (χ0) is 26.7. The molecule has 1 saturated heterocycles. The Hall–Kier alpha value is -3.88. The highest BCUT2D eigenvalue weighted by Crippen LogP contribution is 2.43. The Bertz CT molecular complexity index is 1380. The summed E-state index contributed by atoms with van der Waals surface area (Å²) in [5.41, 5.74) is 0.889. The summed E-state index contributed by atoms with van der Waals surface area (Å²) >= 11 is 12.5. The van der Waals surface area contributed by atoms with E-state index in [4.69, 9.17) is 32.7 Å². The average Bonchev–Trinajstić information content (AvgIpc) is 3.17. The van der Waals surface area contributed by atoms with Gasteiger partial charge in [-0.05, 0) is 48.4 Å². The first kappa shape index (κ1) is 26.2. The first-order chi connectivity index (χ1) is 17.8. The van der Waals surface area contributed by atoms with Gasteiger partial charge in [-0.15, -0.1) is 0 Å². The minimum atomic E-state index is -1.05. The van der Waals surface area contributed by atoms with Crippen LogP contribution >= 0.6 is 23.2 Å². The van der Waals surface area contributed by atoms with E-state index in [0.29, 0.717) is 12.0 Å². The number of aliphatic hydroxyl groups excluding tert-OH is 1. The van der Waals surface area contributed by atoms with E-state index in [9.17, 15) is 19.5 Å². The van der Waals surface area contributed by atoms with Gasteiger partial charge in [0.25, 0.3) is 11.7 Å². The molecule has 1 amide bonds. The summed E-state index contributed by atoms with van der Waals surface area (Å²) in [6, 6.07) is 11.3. The first-order valence-electron chi connectivity index (χ1n) is 11.3. The van der Waals surface area contributed by atoms with Gasteiger partial charge in [0.05, 0.1) is 40.9 Å². The van der Waals surface area contributed by atoms with Gasteiger partial charge in [-0.1, -0.05) is 42.3 Å². The van der Waals surface area contributed by atoms with Crippen molar-refractivity contribution < 1.29 is 29.0 Å². The maximum absolute atomic E-state index is 13.3. The summed E-state index contributed by atoms with van der Waals surface area (Å²) < 4.78 is 10.4. The van der Waals surface area contributed by atoms with Crippen molar-refractivity contribution in [3.8, 4) is 5.75 Å². The molecule has 2 heterocycles. The number of esters is 1. The molecule has 37 heavy (non-hydrogen) atoms. The van der Waals surface area contributed by atoms with Crippen molar-refractivity contribution in [2.24, 2.45) is 0 Å². The Balaban J connectivity index is 1.88. The topological polar surface area (TPSA) is 106 Å². The highest BCUT2D eigenvalue weighted by atomic mass is 35.5. The lowest BCUT2D eigenvalue weighted by Crippen LogP contribution is -2.29. The maximum atomic E-state index is 13.3. The number of benzene rings is 2. The second-order valence-corrected chi connectivity index (χ2v) is 8.93. The minimum absolute atomic E-state index is 0.113. The number of hydrogen-bond donors (Lipinski definition) is 1. The van der Waals surface area contributed by atoms with E-state index in [2.05, 4.69) is 4.98 Å². The number of hydrogen-bond acceptors (Lipinski definition) is 7. The predicted molar refractivity (Wildman–Crippen MR) is 139 cm³/mol. The fourth-order valence-corrected chi connectivity index (χ4v) is 4.70. The molecule has 1 atom stereocenters. The third-order valence-electron chi connectivity index (χ3n) is 5.72. The number of carbonyl (C=O) groups is 3. The molecule has 1 aromatic heterocycles. The number of ketones is 1. The zero-order valence-electron chi connectivity index (χ0n) is 19.9. The van der Waals surface area contributed by atoms with Crippen LogP contribution in [0.25, 0.3) is 5.76 Å². The summed E-state index contributed by atoms with van der Waals surface area (Å²) in [4.78, 5) is 44.5. The Morgan fingerprint density at radius 2 is 1.81 bits per heavy atom. The van der Waals surface area contributed by atoms with Crippen LogP contribution in [0.4, 0.5) is 5.69 Å². The van der Waals surface area contributed by atoms with Crippen molar-refractivity contribution in [1.29, 1.82) is 0 Å². The number of methoxy groups -OCH3 is 1. The van der Waals surface area contributed by atoms with Gasteiger partial charge in [0.2, 0.25) is 0 Å². The minimum Gasteiger partial charge on any atom is -0.507 e. The number of aliphatic hydroxyl groups is 1. The molecule has 10 heteroatoms. The quantitative estimate of drug-likeness (QED) is 0.180. The van der Waals surface area contributed by atoms with Crippen molar-refractivity contribution in [1.82, 2.24) is 4.98 Å². The molecule has 1 N–H and O–H groups in total. The number of amides is 1. The van der Waals surface area contributed by atoms with Gasteiger partial charge in [0, 0.05) is 23.6 Å². The first-order valence-corrected chi connectivity index (χ1v) is 12.1. The lowest BCUT2D eigenvalue weighted by molar-refractivity contribution is -0.132. The van der Waals surface area contributed by atoms with Crippen molar-refractivity contribution >= 4 is 52.3 Å². The van der Waals surface area contributed by atoms with E-state index in [1.807, 2.05) is 6.92 Å². The molecule has 190 valence electrons. The fourth-order valence-electron chi connectivity index (χ4n) is 4.06. The van der Waals surface area contributed by atoms with Crippen LogP contribution in [-0.2, 0) is 14.3 Å². The van der Waals surface area contributed by atoms with E-state index < -0.39 is 29.5 Å². The summed E-state index contributed by atoms with van der Waals surface area (Å²) in [5.74, 6) is -2.63. The number of Topliss-reactive ketones (excluding diaryl/α,β-unsaturated/α-hetero) is 1. The number of ether oxygens (including phenoxy) is 2. The predicted octanol–water partition coefficient (Wildman–Crippen LogP) is 5.59. The Morgan fingerprint density at radius 3 is 2.43 bits per heavy atom. The molecular formula is C27H22Cl2N2O6. The number of halogens is 2. The lowest BCUT2D eigenvalue weighted by atomic mass is 9.96. The Morgan fingerprint density at radius 1 is 1.08 bits per heavy atom. The number of aromatic nitrogens is 1. The van der Waals surface area contributed by atoms with Gasteiger partial charge >= 0.3 is 5.97 Å². The maximum Gasteiger partial charge on any atom is 0.338 e. The van der Waals surface area contributed by atoms with E-state index in [1.165, 1.54) is 36.4 Å². The number of pyridine rings is 1. The summed E-state index contributed by atoms with van der Waals surface area (Å²) in [6.07, 6.45) is 3.69. The molecule has 2 aromatic carbocycles. The lowest BCUT2D eigenvalue weighted by Gasteiger charge is -2.25. The van der Waals surface area contributed by atoms with Crippen LogP contribution in [0.5, 0.6) is 5.75 Å². The summed E-state index contributed by atoms with van der Waals surface area (Å²) in [7, 11) is 1.40. The third-order valence-corrected chi connectivity index (χ3v) is 6.28. The summed E-state index contributed by atoms with van der Waals surface area (Å²) in [6.45, 7) is 2.12. The largest absolute Gasteiger partial charge is 0.507 e. The third kappa shape index (κ3) is 5.03. The molecular weight excluding hydrogens is 519 g/mol. The van der Waals surface area contributed by atoms with Gasteiger partial charge in [0.1, 0.15) is 5.76 Å². The molecule has 1 unspecified atom stereocenters. The van der Waals surface area contributed by atoms with E-state index in [0.717, 1.165) is 0 Å². The van der Waals surface area contributed by atoms with Gasteiger partial charge in [-0.3, -0.25) is 19.5 Å². The second kappa shape index (κ2) is 11.0. The number of anilines is 1. The van der Waals surface area contributed by atoms with E-state index >= 15 is 0 Å². The molecule has 0 radical (unpaired) electrons. The van der Waals surface area contributed by atoms with Crippen LogP contribution in [0.2, 0.25) is 10.0 Å². The van der Waals surface area contributed by atoms with Crippen molar-refractivity contribution in [3.63, 3.8) is 0 Å². The van der Waals surface area contributed by atoms with Crippen LogP contribution in [0, 0.1) is 0 Å². The molecule has 3 aromatic rings. The normalized spacial score (nSPS) is 16.6. The van der Waals surface area contributed by atoms with Gasteiger partial charge in [0.15, 0.2) is 5.75 Å². The molecule has 0 saturated carbocycles. The van der Waals surface area contributed by atoms with Gasteiger partial charge in [-0.2, -0.15) is 0 Å². The van der Waals surface area contributed by atoms with Gasteiger partial charge < -0.3 is 14.6 Å². The Kier molecular flexibility index (Phi) is 7.80. The fraction of sp³-hybridized carbons (Fsp3) is 0.185. The molecule has 1 fully saturated rings. The van der Waals surface area contributed by atoms with Crippen LogP contribution in [0.1, 0.15) is 40.9 Å². The standard InChI is InChI=1S/C27H22Cl2N2O6/c1-3-10-37-27(35)15-6-4-8-18(11-15)31-22(16-7-5-9-30-14-16)21(24(33)26(31)34)23(32)17-12-19(28)25(36-2)20(29)13-17/h4-9,11-14,22,32H,3,10H2,1-2H3/b23-21+. The molecule has 0 spiro atoms. The zero-order valence-corrected chi connectivity index (χ0v) is 21.4. The van der Waals surface area contributed by atoms with Crippen LogP contribution in [0.3, 0.4) is 0 Å². The molecule has 1 aliphatic heterocycles. The van der Waals surface area contributed by atoms with Crippen molar-refractivity contribution in [2.75, 3.05) is 18.6 Å². The molecule has 8 nitrogen and oxygen atoms in total. The van der Waals surface area contributed by atoms with Crippen LogP contribution in [0.15, 0.2) is 66.5 Å². The summed E-state index contributed by atoms with van der Waals surface area (Å²) in [5, 5.41) is 11.5. The van der Waals surface area contributed by atoms with Crippen molar-refractivity contribution in [3.05, 3.63) is 93.2 Å². The monoisotopic (exact) mass is 540 g/mol. The molecule has 0 aliphatic carbocycles. The van der Waals surface area contributed by atoms with E-state index in [1.54, 1.807) is 36.5 Å².